The van der Waals surface area contributed by atoms with Crippen LogP contribution >= 0.6 is 0 Å². The smallest absolute Gasteiger partial charge is 0.248 e. The highest BCUT2D eigenvalue weighted by molar-refractivity contribution is 5.44. The zero-order chi connectivity index (χ0) is 11.7. The quantitative estimate of drug-likeness (QED) is 0.529. The predicted octanol–water partition coefficient (Wildman–Crippen LogP) is -0.556. The van der Waals surface area contributed by atoms with E-state index in [0.29, 0.717) is 0 Å². The van der Waals surface area contributed by atoms with Gasteiger partial charge in [0, 0.05) is 6.42 Å². The fourth-order valence-corrected chi connectivity index (χ4v) is 2.26. The molecule has 18 heavy (non-hydrogen) atoms. The molecule has 0 fully saturated rings. The second-order valence-corrected chi connectivity index (χ2v) is 4.59. The Morgan fingerprint density at radius 3 is 2.78 bits per heavy atom. The topological polar surface area (TPSA) is 8.81 Å². The maximum Gasteiger partial charge on any atom is 0.248 e. The van der Waals surface area contributed by atoms with E-state index in [1.54, 1.807) is 0 Å². The summed E-state index contributed by atoms with van der Waals surface area (Å²) in [6, 6.07) is 6.76. The Morgan fingerprint density at radius 2 is 2.11 bits per heavy atom. The molecule has 0 radical (unpaired) electrons. The van der Waals surface area contributed by atoms with Crippen LogP contribution in [0, 0.1) is 0 Å². The van der Waals surface area contributed by atoms with E-state index in [0.717, 1.165) is 13.0 Å². The second kappa shape index (κ2) is 5.53. The van der Waals surface area contributed by atoms with E-state index in [1.807, 2.05) is 6.08 Å². The van der Waals surface area contributed by atoms with Crippen molar-refractivity contribution in [2.24, 2.45) is 0 Å². The maximum absolute atomic E-state index is 3.75. The molecule has 1 heterocycles. The third kappa shape index (κ3) is 2.41. The monoisotopic (exact) mass is 304 g/mol. The zero-order valence-corrected chi connectivity index (χ0v) is 11.9. The number of imidazole rings is 1. The molecule has 1 aromatic heterocycles. The molecule has 0 unspecified atom stereocenters. The van der Waals surface area contributed by atoms with Crippen LogP contribution in [-0.2, 0) is 19.4 Å². The molecule has 3 heteroatoms. The van der Waals surface area contributed by atoms with Gasteiger partial charge >= 0.3 is 0 Å². The van der Waals surface area contributed by atoms with Gasteiger partial charge in [0.05, 0.1) is 6.54 Å². The summed E-state index contributed by atoms with van der Waals surface area (Å²) >= 11 is 0. The molecular formula is C15H17BrN2. The van der Waals surface area contributed by atoms with E-state index in [-0.39, 0.29) is 17.0 Å². The lowest BCUT2D eigenvalue weighted by atomic mass is 9.88. The summed E-state index contributed by atoms with van der Waals surface area (Å²) in [6.45, 7) is 4.75. The first kappa shape index (κ1) is 13.1. The van der Waals surface area contributed by atoms with E-state index in [1.165, 1.54) is 29.7 Å². The lowest BCUT2D eigenvalue weighted by Crippen LogP contribution is -3.00. The predicted molar refractivity (Wildman–Crippen MR) is 68.2 cm³/mol. The van der Waals surface area contributed by atoms with Crippen molar-refractivity contribution in [3.8, 4) is 5.69 Å². The Hall–Kier alpha value is -1.35. The molecule has 3 rings (SSSR count). The molecule has 1 aliphatic rings. The molecule has 0 aliphatic heterocycles. The molecule has 94 valence electrons. The molecule has 0 amide bonds. The van der Waals surface area contributed by atoms with Crippen molar-refractivity contribution < 1.29 is 21.5 Å². The standard InChI is InChI=1S/C15H17N2.BrH/c1-2-3-8-16-9-10-17(12-16)15-7-6-13-4-5-14(13)11-15;/h2,6-7,9-12H,1,3-5,8H2;1H/q+1;/p-1. The van der Waals surface area contributed by atoms with Crippen LogP contribution in [0.1, 0.15) is 17.5 Å². The van der Waals surface area contributed by atoms with Gasteiger partial charge in [0.2, 0.25) is 6.33 Å². The molecular weight excluding hydrogens is 288 g/mol. The van der Waals surface area contributed by atoms with Crippen molar-refractivity contribution in [3.63, 3.8) is 0 Å². The highest BCUT2D eigenvalue weighted by Crippen LogP contribution is 2.24. The molecule has 2 aromatic rings. The van der Waals surface area contributed by atoms with Crippen LogP contribution < -0.4 is 21.5 Å². The number of hydrogen-bond donors (Lipinski definition) is 0. The molecule has 0 bridgehead atoms. The first-order valence-electron chi connectivity index (χ1n) is 6.17. The summed E-state index contributed by atoms with van der Waals surface area (Å²) in [5, 5.41) is 0. The van der Waals surface area contributed by atoms with Crippen LogP contribution in [0.5, 0.6) is 0 Å². The van der Waals surface area contributed by atoms with E-state index in [9.17, 15) is 0 Å². The van der Waals surface area contributed by atoms with Gasteiger partial charge in [-0.05, 0) is 36.1 Å². The van der Waals surface area contributed by atoms with E-state index < -0.39 is 0 Å². The Kier molecular flexibility index (Phi) is 4.02. The Labute approximate surface area is 118 Å². The van der Waals surface area contributed by atoms with Crippen LogP contribution in [0.25, 0.3) is 5.69 Å². The van der Waals surface area contributed by atoms with Gasteiger partial charge in [0.1, 0.15) is 18.1 Å². The summed E-state index contributed by atoms with van der Waals surface area (Å²) in [7, 11) is 0. The average molecular weight is 305 g/mol. The van der Waals surface area contributed by atoms with Crippen molar-refractivity contribution in [2.75, 3.05) is 0 Å². The van der Waals surface area contributed by atoms with E-state index in [4.69, 9.17) is 0 Å². The number of fused-ring (bicyclic) bond motifs is 1. The highest BCUT2D eigenvalue weighted by atomic mass is 79.9. The summed E-state index contributed by atoms with van der Waals surface area (Å²) in [5.74, 6) is 0. The number of aromatic nitrogens is 2. The van der Waals surface area contributed by atoms with Crippen LogP contribution in [0.2, 0.25) is 0 Å². The van der Waals surface area contributed by atoms with Crippen LogP contribution in [0.4, 0.5) is 0 Å². The average Bonchev–Trinajstić information content (AvgIpc) is 2.77. The van der Waals surface area contributed by atoms with E-state index >= 15 is 0 Å². The molecule has 0 saturated heterocycles. The molecule has 0 spiro atoms. The molecule has 0 N–H and O–H groups in total. The third-order valence-corrected chi connectivity index (χ3v) is 3.43. The fourth-order valence-electron chi connectivity index (χ4n) is 2.26. The Balaban J connectivity index is 0.00000120. The van der Waals surface area contributed by atoms with Crippen molar-refractivity contribution in [2.45, 2.75) is 25.8 Å². The minimum Gasteiger partial charge on any atom is -1.00 e. The van der Waals surface area contributed by atoms with Gasteiger partial charge in [-0.3, -0.25) is 0 Å². The summed E-state index contributed by atoms with van der Waals surface area (Å²) in [5.41, 5.74) is 4.29. The second-order valence-electron chi connectivity index (χ2n) is 4.59. The molecule has 0 saturated carbocycles. The van der Waals surface area contributed by atoms with Gasteiger partial charge in [-0.1, -0.05) is 12.1 Å². The van der Waals surface area contributed by atoms with Crippen LogP contribution in [-0.4, -0.2) is 4.57 Å². The lowest BCUT2D eigenvalue weighted by molar-refractivity contribution is -0.695. The van der Waals surface area contributed by atoms with Crippen molar-refractivity contribution in [1.29, 1.82) is 0 Å². The molecule has 0 atom stereocenters. The number of aryl methyl sites for hydroxylation is 3. The number of hydrogen-bond acceptors (Lipinski definition) is 0. The van der Waals surface area contributed by atoms with Crippen molar-refractivity contribution in [3.05, 3.63) is 60.7 Å². The van der Waals surface area contributed by atoms with Crippen LogP contribution in [0.15, 0.2) is 49.6 Å². The fraction of sp³-hybridized carbons (Fsp3) is 0.267. The Bertz CT molecular complexity index is 557. The summed E-state index contributed by atoms with van der Waals surface area (Å²) in [4.78, 5) is 0. The van der Waals surface area contributed by atoms with Gasteiger partial charge in [-0.15, -0.1) is 6.58 Å². The molecule has 1 aromatic carbocycles. The normalized spacial score (nSPS) is 12.2. The number of allylic oxidation sites excluding steroid dienone is 1. The minimum atomic E-state index is 0. The van der Waals surface area contributed by atoms with Crippen molar-refractivity contribution in [1.82, 2.24) is 4.57 Å². The van der Waals surface area contributed by atoms with Crippen LogP contribution in [0.3, 0.4) is 0 Å². The summed E-state index contributed by atoms with van der Waals surface area (Å²) in [6.07, 6.45) is 11.8. The van der Waals surface area contributed by atoms with Gasteiger partial charge in [-0.2, -0.15) is 0 Å². The van der Waals surface area contributed by atoms with Crippen molar-refractivity contribution >= 4 is 0 Å². The number of nitrogens with zero attached hydrogens (tertiary/aromatic N) is 2. The third-order valence-electron chi connectivity index (χ3n) is 3.43. The maximum atomic E-state index is 3.75. The van der Waals surface area contributed by atoms with Gasteiger partial charge in [0.25, 0.3) is 0 Å². The summed E-state index contributed by atoms with van der Waals surface area (Å²) < 4.78 is 4.38. The minimum absolute atomic E-state index is 0. The first-order chi connectivity index (χ1) is 8.36. The SMILES string of the molecule is C=CCC[n+]1ccn(-c2ccc3c(c2)CC3)c1.[Br-]. The zero-order valence-electron chi connectivity index (χ0n) is 10.3. The largest absolute Gasteiger partial charge is 1.00 e. The van der Waals surface area contributed by atoms with Gasteiger partial charge in [-0.25, -0.2) is 9.13 Å². The highest BCUT2D eigenvalue weighted by Gasteiger charge is 2.15. The number of rotatable bonds is 4. The molecule has 1 aliphatic carbocycles. The van der Waals surface area contributed by atoms with E-state index in [2.05, 4.69) is 52.6 Å². The van der Waals surface area contributed by atoms with Gasteiger partial charge < -0.3 is 17.0 Å². The lowest BCUT2D eigenvalue weighted by Gasteiger charge is -2.17. The Morgan fingerprint density at radius 1 is 1.28 bits per heavy atom. The number of halogens is 1. The van der Waals surface area contributed by atoms with Gasteiger partial charge in [0.15, 0.2) is 0 Å². The number of benzene rings is 1. The first-order valence-corrected chi connectivity index (χ1v) is 6.17. The molecule has 2 nitrogen and oxygen atoms in total.